The lowest BCUT2D eigenvalue weighted by atomic mass is 10.2. The van der Waals surface area contributed by atoms with Gasteiger partial charge in [-0.15, -0.1) is 0 Å². The van der Waals surface area contributed by atoms with E-state index in [1.54, 1.807) is 48.3 Å². The fourth-order valence-electron chi connectivity index (χ4n) is 2.99. The second kappa shape index (κ2) is 8.85. The third kappa shape index (κ3) is 4.81. The van der Waals surface area contributed by atoms with Crippen LogP contribution >= 0.6 is 11.6 Å². The lowest BCUT2D eigenvalue weighted by Gasteiger charge is -2.06. The number of benzene rings is 2. The van der Waals surface area contributed by atoms with Crippen LogP contribution in [0.2, 0.25) is 5.02 Å². The summed E-state index contributed by atoms with van der Waals surface area (Å²) in [4.78, 5) is 25.0. The van der Waals surface area contributed by atoms with Crippen LogP contribution in [0.15, 0.2) is 72.9 Å². The van der Waals surface area contributed by atoms with Gasteiger partial charge in [-0.2, -0.15) is 10.2 Å². The zero-order valence-electron chi connectivity index (χ0n) is 16.6. The van der Waals surface area contributed by atoms with E-state index in [1.807, 2.05) is 30.3 Å². The number of carbonyl (C=O) groups excluding carboxylic acids is 2. The smallest absolute Gasteiger partial charge is 0.277 e. The van der Waals surface area contributed by atoms with E-state index in [0.29, 0.717) is 28.8 Å². The summed E-state index contributed by atoms with van der Waals surface area (Å²) >= 11 is 6.07. The van der Waals surface area contributed by atoms with Gasteiger partial charge in [0.15, 0.2) is 11.5 Å². The van der Waals surface area contributed by atoms with Gasteiger partial charge in [0.2, 0.25) is 0 Å². The third-order valence-corrected chi connectivity index (χ3v) is 4.87. The Balaban J connectivity index is 1.42. The van der Waals surface area contributed by atoms with E-state index in [9.17, 15) is 9.59 Å². The van der Waals surface area contributed by atoms with E-state index in [4.69, 9.17) is 11.6 Å². The Morgan fingerprint density at radius 3 is 2.45 bits per heavy atom. The summed E-state index contributed by atoms with van der Waals surface area (Å²) in [5.74, 6) is -0.0445. The van der Waals surface area contributed by atoms with Crippen molar-refractivity contribution in [1.29, 1.82) is 0 Å². The molecule has 0 fully saturated rings. The molecule has 8 nitrogen and oxygen atoms in total. The zero-order valence-corrected chi connectivity index (χ0v) is 17.4. The molecule has 0 atom stereocenters. The minimum Gasteiger partial charge on any atom is -0.307 e. The Labute approximate surface area is 183 Å². The van der Waals surface area contributed by atoms with Gasteiger partial charge in [0.1, 0.15) is 5.82 Å². The lowest BCUT2D eigenvalue weighted by molar-refractivity contribution is 0.101. The van der Waals surface area contributed by atoms with E-state index in [1.165, 1.54) is 10.7 Å². The molecule has 156 valence electrons. The van der Waals surface area contributed by atoms with Crippen LogP contribution in [0.1, 0.15) is 26.4 Å². The maximum Gasteiger partial charge on any atom is 0.277 e. The fraction of sp³-hybridized carbons (Fsp3) is 0.0909. The molecule has 2 amide bonds. The number of nitrogens with one attached hydrogen (secondary N) is 2. The summed E-state index contributed by atoms with van der Waals surface area (Å²) in [6, 6.07) is 19.8. The highest BCUT2D eigenvalue weighted by molar-refractivity contribution is 6.34. The molecule has 4 aromatic rings. The van der Waals surface area contributed by atoms with Gasteiger partial charge in [0, 0.05) is 25.4 Å². The average Bonchev–Trinajstić information content (AvgIpc) is 3.35. The Kier molecular flexibility index (Phi) is 5.81. The molecule has 0 spiro atoms. The quantitative estimate of drug-likeness (QED) is 0.482. The van der Waals surface area contributed by atoms with Crippen molar-refractivity contribution in [2.75, 3.05) is 10.6 Å². The van der Waals surface area contributed by atoms with Crippen LogP contribution in [0.25, 0.3) is 0 Å². The van der Waals surface area contributed by atoms with Crippen LogP contribution < -0.4 is 10.6 Å². The summed E-state index contributed by atoms with van der Waals surface area (Å²) in [6.45, 7) is 0.596. The predicted octanol–water partition coefficient (Wildman–Crippen LogP) is 3.82. The topological polar surface area (TPSA) is 93.8 Å². The minimum absolute atomic E-state index is 0.148. The second-order valence-electron chi connectivity index (χ2n) is 6.81. The Morgan fingerprint density at radius 2 is 1.68 bits per heavy atom. The molecule has 0 aliphatic heterocycles. The van der Waals surface area contributed by atoms with Crippen LogP contribution in [0, 0.1) is 0 Å². The van der Waals surface area contributed by atoms with Gasteiger partial charge in [-0.25, -0.2) is 0 Å². The number of anilines is 2. The fourth-order valence-corrected chi connectivity index (χ4v) is 3.21. The Bertz CT molecular complexity index is 1230. The maximum atomic E-state index is 12.6. The van der Waals surface area contributed by atoms with E-state index >= 15 is 0 Å². The molecule has 2 aromatic carbocycles. The number of carbonyl (C=O) groups is 2. The van der Waals surface area contributed by atoms with Crippen LogP contribution in [-0.4, -0.2) is 31.4 Å². The molecular formula is C22H19ClN6O2. The first-order chi connectivity index (χ1) is 15.0. The molecule has 2 heterocycles. The van der Waals surface area contributed by atoms with Gasteiger partial charge in [0.05, 0.1) is 17.1 Å². The van der Waals surface area contributed by atoms with Gasteiger partial charge in [-0.05, 0) is 17.7 Å². The highest BCUT2D eigenvalue weighted by Crippen LogP contribution is 2.18. The first-order valence-corrected chi connectivity index (χ1v) is 9.86. The highest BCUT2D eigenvalue weighted by Gasteiger charge is 2.17. The molecule has 4 rings (SSSR count). The normalized spacial score (nSPS) is 10.6. The first kappa shape index (κ1) is 20.4. The van der Waals surface area contributed by atoms with Crippen molar-refractivity contribution in [3.63, 3.8) is 0 Å². The molecule has 0 bridgehead atoms. The van der Waals surface area contributed by atoms with Gasteiger partial charge in [-0.3, -0.25) is 19.0 Å². The first-order valence-electron chi connectivity index (χ1n) is 9.48. The van der Waals surface area contributed by atoms with Crippen LogP contribution in [0.5, 0.6) is 0 Å². The number of hydrogen-bond donors (Lipinski definition) is 2. The number of rotatable bonds is 6. The molecule has 2 aromatic heterocycles. The zero-order chi connectivity index (χ0) is 21.8. The summed E-state index contributed by atoms with van der Waals surface area (Å²) in [7, 11) is 1.63. The van der Waals surface area contributed by atoms with Crippen molar-refractivity contribution >= 4 is 35.1 Å². The van der Waals surface area contributed by atoms with Crippen molar-refractivity contribution < 1.29 is 9.59 Å². The highest BCUT2D eigenvalue weighted by atomic mass is 35.5. The van der Waals surface area contributed by atoms with Crippen molar-refractivity contribution in [1.82, 2.24) is 19.6 Å². The van der Waals surface area contributed by atoms with Gasteiger partial charge >= 0.3 is 0 Å². The third-order valence-electron chi connectivity index (χ3n) is 4.54. The Hall–Kier alpha value is -3.91. The molecule has 0 aliphatic carbocycles. The van der Waals surface area contributed by atoms with Crippen molar-refractivity contribution in [3.8, 4) is 0 Å². The lowest BCUT2D eigenvalue weighted by Crippen LogP contribution is -2.14. The molecular weight excluding hydrogens is 416 g/mol. The molecule has 0 aliphatic rings. The van der Waals surface area contributed by atoms with Crippen LogP contribution in [0.4, 0.5) is 11.6 Å². The van der Waals surface area contributed by atoms with Crippen molar-refractivity contribution in [2.24, 2.45) is 7.05 Å². The number of hydrogen-bond acceptors (Lipinski definition) is 4. The van der Waals surface area contributed by atoms with Gasteiger partial charge in [0.25, 0.3) is 11.8 Å². The van der Waals surface area contributed by atoms with E-state index in [2.05, 4.69) is 20.8 Å². The van der Waals surface area contributed by atoms with Gasteiger partial charge < -0.3 is 10.6 Å². The monoisotopic (exact) mass is 434 g/mol. The molecule has 9 heteroatoms. The molecule has 31 heavy (non-hydrogen) atoms. The minimum atomic E-state index is -0.432. The Morgan fingerprint density at radius 1 is 0.935 bits per heavy atom. The average molecular weight is 435 g/mol. The van der Waals surface area contributed by atoms with Crippen molar-refractivity contribution in [2.45, 2.75) is 6.54 Å². The number of halogens is 1. The molecule has 0 radical (unpaired) electrons. The van der Waals surface area contributed by atoms with E-state index < -0.39 is 5.91 Å². The van der Waals surface area contributed by atoms with Crippen LogP contribution in [0.3, 0.4) is 0 Å². The van der Waals surface area contributed by atoms with Gasteiger partial charge in [-0.1, -0.05) is 54.1 Å². The summed E-state index contributed by atoms with van der Waals surface area (Å²) in [6.07, 6.45) is 1.79. The molecule has 0 unspecified atom stereocenters. The number of aryl methyl sites for hydroxylation is 1. The number of aromatic nitrogens is 4. The second-order valence-corrected chi connectivity index (χ2v) is 7.22. The van der Waals surface area contributed by atoms with Crippen LogP contribution in [-0.2, 0) is 13.6 Å². The number of amides is 2. The largest absolute Gasteiger partial charge is 0.307 e. The molecule has 2 N–H and O–H groups in total. The molecule has 0 saturated carbocycles. The van der Waals surface area contributed by atoms with E-state index in [0.717, 1.165) is 5.56 Å². The standard InChI is InChI=1S/C22H19ClN6O2/c1-28-20(25-21(30)16-9-5-6-10-17(16)23)13-18(26-28)22(31)24-19-11-12-29(27-19)14-15-7-3-2-4-8-15/h2-13H,14H2,1H3,(H,25,30)(H,24,27,31). The molecule has 0 saturated heterocycles. The number of nitrogens with zero attached hydrogens (tertiary/aromatic N) is 4. The summed E-state index contributed by atoms with van der Waals surface area (Å²) in [5, 5.41) is 14.3. The maximum absolute atomic E-state index is 12.6. The summed E-state index contributed by atoms with van der Waals surface area (Å²) in [5.41, 5.74) is 1.59. The van der Waals surface area contributed by atoms with E-state index in [-0.39, 0.29) is 11.6 Å². The van der Waals surface area contributed by atoms with Crippen molar-refractivity contribution in [3.05, 3.63) is 94.8 Å². The predicted molar refractivity (Wildman–Crippen MR) is 118 cm³/mol. The summed E-state index contributed by atoms with van der Waals surface area (Å²) < 4.78 is 3.15. The SMILES string of the molecule is Cn1nc(C(=O)Nc2ccn(Cc3ccccc3)n2)cc1NC(=O)c1ccccc1Cl.